The molecule has 0 saturated carbocycles. The van der Waals surface area contributed by atoms with E-state index >= 15 is 0 Å². The maximum absolute atomic E-state index is 11.6. The Morgan fingerprint density at radius 3 is 2.05 bits per heavy atom. The number of halogens is 1. The van der Waals surface area contributed by atoms with E-state index in [-0.39, 0.29) is 15.7 Å². The van der Waals surface area contributed by atoms with Crippen molar-refractivity contribution in [3.8, 4) is 5.75 Å². The lowest BCUT2D eigenvalue weighted by molar-refractivity contribution is 0.302. The number of phenolic OH excluding ortho intramolecular Hbond substituents is 1. The summed E-state index contributed by atoms with van der Waals surface area (Å²) in [5.41, 5.74) is 0. The Hall–Kier alpha value is -0.760. The van der Waals surface area contributed by atoms with Crippen LogP contribution in [0.5, 0.6) is 5.75 Å². The molecule has 1 N–H and O–H groups in total. The van der Waals surface area contributed by atoms with Crippen LogP contribution in [0.25, 0.3) is 0 Å². The second-order valence-corrected chi connectivity index (χ2v) is 7.20. The minimum atomic E-state index is -3.53. The van der Waals surface area contributed by atoms with E-state index in [0.29, 0.717) is 0 Å². The van der Waals surface area contributed by atoms with E-state index in [0.717, 1.165) is 4.31 Å². The Bertz CT molecular complexity index is 557. The van der Waals surface area contributed by atoms with Gasteiger partial charge in [-0.1, -0.05) is 11.6 Å². The summed E-state index contributed by atoms with van der Waals surface area (Å²) in [5, 5.41) is 9.06. The summed E-state index contributed by atoms with van der Waals surface area (Å²) in [6.45, 7) is 0. The summed E-state index contributed by atoms with van der Waals surface area (Å²) in [6.07, 6.45) is 0. The number of hydrogen-bond donors (Lipinski definition) is 1. The monoisotopic (exact) mass is 344 g/mol. The average molecular weight is 345 g/mol. The predicted octanol–water partition coefficient (Wildman–Crippen LogP) is 2.23. The minimum Gasteiger partial charge on any atom is -0.508 e. The van der Waals surface area contributed by atoms with Gasteiger partial charge in [0.15, 0.2) is 0 Å². The van der Waals surface area contributed by atoms with Crippen molar-refractivity contribution in [3.05, 3.63) is 23.2 Å². The predicted molar refractivity (Wildman–Crippen MR) is 75.6 cm³/mol. The molecule has 0 unspecified atom stereocenters. The maximum Gasteiger partial charge on any atom is 0.696 e. The SMILES string of the molecule is CN(C)S(=O)(=O)c1ccc(O)cc1Cl.CO[P+](=O)OC. The van der Waals surface area contributed by atoms with E-state index < -0.39 is 18.3 Å². The van der Waals surface area contributed by atoms with Crippen LogP contribution in [0.1, 0.15) is 0 Å². The van der Waals surface area contributed by atoms with Gasteiger partial charge in [-0.3, -0.25) is 0 Å². The molecule has 0 atom stereocenters. The number of phenols is 1. The molecule has 0 spiro atoms. The van der Waals surface area contributed by atoms with E-state index in [1.165, 1.54) is 46.5 Å². The fourth-order valence-electron chi connectivity index (χ4n) is 0.970. The standard InChI is InChI=1S/C8H10ClNO3S.C2H6O3P/c1-10(2)14(12,13)8-4-3-6(11)5-7(8)9;1-4-6(3)5-2/h3-5,11H,1-2H3;1-2H3/q;+1. The van der Waals surface area contributed by atoms with Crippen LogP contribution in [0.4, 0.5) is 0 Å². The summed E-state index contributed by atoms with van der Waals surface area (Å²) in [7, 11) is 0.113. The summed E-state index contributed by atoms with van der Waals surface area (Å²) in [6, 6.07) is 3.74. The van der Waals surface area contributed by atoms with Gasteiger partial charge in [-0.05, 0) is 18.2 Å². The van der Waals surface area contributed by atoms with Gasteiger partial charge in [-0.2, -0.15) is 0 Å². The van der Waals surface area contributed by atoms with Crippen LogP contribution in [0.3, 0.4) is 0 Å². The van der Waals surface area contributed by atoms with E-state index in [9.17, 15) is 13.0 Å². The summed E-state index contributed by atoms with van der Waals surface area (Å²) < 4.78 is 42.6. The van der Waals surface area contributed by atoms with Gasteiger partial charge in [0.1, 0.15) is 10.6 Å². The van der Waals surface area contributed by atoms with E-state index in [1.807, 2.05) is 0 Å². The molecule has 0 amide bonds. The molecule has 0 aliphatic heterocycles. The minimum absolute atomic E-state index is 0.0121. The second-order valence-electron chi connectivity index (χ2n) is 3.49. The molecular formula is C10H16ClNO6PS+. The summed E-state index contributed by atoms with van der Waals surface area (Å²) >= 11 is 5.69. The van der Waals surface area contributed by atoms with Gasteiger partial charge in [0.05, 0.1) is 19.2 Å². The maximum atomic E-state index is 11.6. The highest BCUT2D eigenvalue weighted by atomic mass is 35.5. The molecule has 0 aromatic heterocycles. The van der Waals surface area contributed by atoms with Crippen molar-refractivity contribution in [2.24, 2.45) is 0 Å². The lowest BCUT2D eigenvalue weighted by Gasteiger charge is -2.12. The van der Waals surface area contributed by atoms with E-state index in [2.05, 4.69) is 9.05 Å². The van der Waals surface area contributed by atoms with Crippen molar-refractivity contribution in [2.45, 2.75) is 4.90 Å². The molecule has 0 aliphatic rings. The number of hydrogen-bond acceptors (Lipinski definition) is 6. The molecule has 0 bridgehead atoms. The third kappa shape index (κ3) is 5.70. The van der Waals surface area contributed by atoms with Crippen LogP contribution in [-0.4, -0.2) is 46.1 Å². The van der Waals surface area contributed by atoms with Gasteiger partial charge in [0.2, 0.25) is 10.0 Å². The number of rotatable bonds is 4. The Kier molecular flexibility index (Phi) is 8.19. The third-order valence-electron chi connectivity index (χ3n) is 1.97. The molecule has 20 heavy (non-hydrogen) atoms. The number of aromatic hydroxyl groups is 1. The first-order valence-electron chi connectivity index (χ1n) is 5.13. The van der Waals surface area contributed by atoms with Gasteiger partial charge >= 0.3 is 8.25 Å². The average Bonchev–Trinajstić information content (AvgIpc) is 2.37. The van der Waals surface area contributed by atoms with Crippen molar-refractivity contribution in [3.63, 3.8) is 0 Å². The highest BCUT2D eigenvalue weighted by Gasteiger charge is 2.20. The third-order valence-corrected chi connectivity index (χ3v) is 4.87. The fraction of sp³-hybridized carbons (Fsp3) is 0.400. The Morgan fingerprint density at radius 2 is 1.75 bits per heavy atom. The molecule has 0 radical (unpaired) electrons. The van der Waals surface area contributed by atoms with Crippen LogP contribution < -0.4 is 0 Å². The molecule has 114 valence electrons. The lowest BCUT2D eigenvalue weighted by atomic mass is 10.3. The molecular weight excluding hydrogens is 329 g/mol. The largest absolute Gasteiger partial charge is 0.696 e. The highest BCUT2D eigenvalue weighted by molar-refractivity contribution is 7.89. The summed E-state index contributed by atoms with van der Waals surface area (Å²) in [5.74, 6) is -0.0623. The Morgan fingerprint density at radius 1 is 1.25 bits per heavy atom. The zero-order valence-corrected chi connectivity index (χ0v) is 13.9. The van der Waals surface area contributed by atoms with Crippen molar-refractivity contribution in [2.75, 3.05) is 28.3 Å². The van der Waals surface area contributed by atoms with Crippen LogP contribution in [0.15, 0.2) is 23.1 Å². The van der Waals surface area contributed by atoms with Gasteiger partial charge in [0.25, 0.3) is 0 Å². The molecule has 1 rings (SSSR count). The quantitative estimate of drug-likeness (QED) is 0.842. The van der Waals surface area contributed by atoms with Crippen molar-refractivity contribution in [1.29, 1.82) is 0 Å². The first-order chi connectivity index (χ1) is 9.16. The number of benzene rings is 1. The smallest absolute Gasteiger partial charge is 0.508 e. The van der Waals surface area contributed by atoms with Crippen LogP contribution in [-0.2, 0) is 23.6 Å². The molecule has 0 fully saturated rings. The molecule has 7 nitrogen and oxygen atoms in total. The normalized spacial score (nSPS) is 10.9. The second kappa shape index (κ2) is 8.51. The molecule has 1 aromatic carbocycles. The van der Waals surface area contributed by atoms with Gasteiger partial charge < -0.3 is 5.11 Å². The summed E-state index contributed by atoms with van der Waals surface area (Å²) in [4.78, 5) is -0.0121. The van der Waals surface area contributed by atoms with E-state index in [4.69, 9.17) is 16.7 Å². The molecule has 0 heterocycles. The molecule has 0 saturated heterocycles. The highest BCUT2D eigenvalue weighted by Crippen LogP contribution is 2.26. The Balaban J connectivity index is 0.000000511. The van der Waals surface area contributed by atoms with Crippen LogP contribution >= 0.6 is 19.9 Å². The fourth-order valence-corrected chi connectivity index (χ4v) is 2.53. The van der Waals surface area contributed by atoms with Crippen LogP contribution in [0.2, 0.25) is 5.02 Å². The van der Waals surface area contributed by atoms with E-state index in [1.54, 1.807) is 0 Å². The zero-order chi connectivity index (χ0) is 15.9. The van der Waals surface area contributed by atoms with Crippen molar-refractivity contribution < 1.29 is 27.1 Å². The number of nitrogens with zero attached hydrogens (tertiary/aromatic N) is 1. The van der Waals surface area contributed by atoms with Gasteiger partial charge in [0, 0.05) is 18.7 Å². The van der Waals surface area contributed by atoms with Gasteiger partial charge in [-0.15, -0.1) is 9.05 Å². The first-order valence-corrected chi connectivity index (χ1v) is 8.04. The topological polar surface area (TPSA) is 93.1 Å². The van der Waals surface area contributed by atoms with Gasteiger partial charge in [-0.25, -0.2) is 12.7 Å². The molecule has 0 aliphatic carbocycles. The van der Waals surface area contributed by atoms with Crippen LogP contribution in [0, 0.1) is 0 Å². The lowest BCUT2D eigenvalue weighted by Crippen LogP contribution is -2.22. The Labute approximate surface area is 124 Å². The van der Waals surface area contributed by atoms with Crippen molar-refractivity contribution in [1.82, 2.24) is 4.31 Å². The van der Waals surface area contributed by atoms with Crippen molar-refractivity contribution >= 4 is 29.9 Å². The molecule has 1 aromatic rings. The first kappa shape index (κ1) is 19.2. The zero-order valence-electron chi connectivity index (χ0n) is 11.4. The number of sulfonamides is 1. The molecule has 10 heteroatoms.